The minimum Gasteiger partial charge on any atom is -0.508 e. The molecule has 0 bridgehead atoms. The van der Waals surface area contributed by atoms with Crippen LogP contribution < -0.4 is 5.43 Å². The van der Waals surface area contributed by atoms with Gasteiger partial charge in [-0.15, -0.1) is 5.11 Å². The van der Waals surface area contributed by atoms with E-state index >= 15 is 0 Å². The number of carboxylic acids is 1. The second-order valence-electron chi connectivity index (χ2n) is 4.43. The molecule has 2 aromatic rings. The van der Waals surface area contributed by atoms with Crippen molar-refractivity contribution in [1.29, 1.82) is 0 Å². The number of aliphatic carboxylic acids is 1. The van der Waals surface area contributed by atoms with Gasteiger partial charge < -0.3 is 10.2 Å². The molecule has 3 N–H and O–H groups in total. The van der Waals surface area contributed by atoms with Gasteiger partial charge >= 0.3 is 5.97 Å². The topological polar surface area (TPSA) is 94.3 Å². The minimum absolute atomic E-state index is 0.141. The summed E-state index contributed by atoms with van der Waals surface area (Å²) in [6, 6.07) is 14.5. The van der Waals surface area contributed by atoms with Crippen LogP contribution >= 0.6 is 0 Å². The average molecular weight is 285 g/mol. The maximum absolute atomic E-state index is 11.2. The van der Waals surface area contributed by atoms with Crippen molar-refractivity contribution in [3.8, 4) is 5.75 Å². The molecule has 0 aromatic heterocycles. The van der Waals surface area contributed by atoms with Gasteiger partial charge in [-0.2, -0.15) is 0 Å². The molecule has 6 nitrogen and oxygen atoms in total. The SMILES string of the molecule is O=C(O)[C@H](Cc1ccc(O)cc1)NN=Nc1ccccc1. The van der Waals surface area contributed by atoms with Crippen LogP contribution in [-0.2, 0) is 11.2 Å². The van der Waals surface area contributed by atoms with E-state index in [0.717, 1.165) is 5.56 Å². The van der Waals surface area contributed by atoms with Crippen LogP contribution in [0.5, 0.6) is 5.75 Å². The third-order valence-electron chi connectivity index (χ3n) is 2.81. The number of benzene rings is 2. The van der Waals surface area contributed by atoms with Gasteiger partial charge in [0.05, 0.1) is 5.69 Å². The minimum atomic E-state index is -1.02. The van der Waals surface area contributed by atoms with E-state index in [9.17, 15) is 15.0 Å². The Morgan fingerprint density at radius 2 is 1.76 bits per heavy atom. The summed E-state index contributed by atoms with van der Waals surface area (Å²) in [4.78, 5) is 11.2. The van der Waals surface area contributed by atoms with E-state index in [1.807, 2.05) is 18.2 Å². The number of nitrogens with one attached hydrogen (secondary N) is 1. The lowest BCUT2D eigenvalue weighted by Crippen LogP contribution is -2.35. The summed E-state index contributed by atoms with van der Waals surface area (Å²) in [6.07, 6.45) is 0.240. The van der Waals surface area contributed by atoms with Gasteiger partial charge in [0.15, 0.2) is 0 Å². The van der Waals surface area contributed by atoms with Gasteiger partial charge in [-0.1, -0.05) is 35.6 Å². The van der Waals surface area contributed by atoms with Crippen LogP contribution in [-0.4, -0.2) is 22.2 Å². The van der Waals surface area contributed by atoms with Crippen molar-refractivity contribution >= 4 is 11.7 Å². The van der Waals surface area contributed by atoms with Crippen molar-refractivity contribution in [3.63, 3.8) is 0 Å². The summed E-state index contributed by atoms with van der Waals surface area (Å²) >= 11 is 0. The number of aromatic hydroxyl groups is 1. The first-order valence-electron chi connectivity index (χ1n) is 6.37. The Bertz CT molecular complexity index is 612. The summed E-state index contributed by atoms with van der Waals surface area (Å²) in [7, 11) is 0. The number of carboxylic acid groups (broad SMARTS) is 1. The second kappa shape index (κ2) is 7.04. The van der Waals surface area contributed by atoms with Crippen LogP contribution in [0.4, 0.5) is 5.69 Å². The van der Waals surface area contributed by atoms with E-state index in [4.69, 9.17) is 0 Å². The Balaban J connectivity index is 1.98. The first kappa shape index (κ1) is 14.5. The summed E-state index contributed by atoms with van der Waals surface area (Å²) in [5.41, 5.74) is 3.95. The van der Waals surface area contributed by atoms with Gasteiger partial charge in [-0.05, 0) is 29.8 Å². The van der Waals surface area contributed by atoms with Crippen LogP contribution in [0.3, 0.4) is 0 Å². The molecule has 0 amide bonds. The third-order valence-corrected chi connectivity index (χ3v) is 2.81. The summed E-state index contributed by atoms with van der Waals surface area (Å²) < 4.78 is 0. The molecule has 0 saturated carbocycles. The molecule has 108 valence electrons. The first-order chi connectivity index (χ1) is 10.1. The van der Waals surface area contributed by atoms with E-state index in [0.29, 0.717) is 5.69 Å². The van der Waals surface area contributed by atoms with Crippen LogP contribution in [0.15, 0.2) is 64.9 Å². The molecule has 0 aliphatic carbocycles. The van der Waals surface area contributed by atoms with Gasteiger partial charge in [0.25, 0.3) is 0 Å². The molecular formula is C15H15N3O3. The largest absolute Gasteiger partial charge is 0.508 e. The predicted octanol–water partition coefficient (Wildman–Crippen LogP) is 2.68. The Morgan fingerprint density at radius 1 is 1.10 bits per heavy atom. The summed E-state index contributed by atoms with van der Waals surface area (Å²) in [5.74, 6) is -0.877. The molecule has 0 radical (unpaired) electrons. The highest BCUT2D eigenvalue weighted by Crippen LogP contribution is 2.12. The number of carbonyl (C=O) groups is 1. The van der Waals surface area contributed by atoms with Gasteiger partial charge in [0, 0.05) is 6.42 Å². The molecule has 0 fully saturated rings. The van der Waals surface area contributed by atoms with E-state index < -0.39 is 12.0 Å². The molecule has 2 aromatic carbocycles. The van der Waals surface area contributed by atoms with Crippen LogP contribution in [0.1, 0.15) is 5.56 Å². The lowest BCUT2D eigenvalue weighted by molar-refractivity contribution is -0.139. The zero-order valence-electron chi connectivity index (χ0n) is 11.2. The smallest absolute Gasteiger partial charge is 0.328 e. The van der Waals surface area contributed by atoms with Crippen molar-refractivity contribution in [3.05, 3.63) is 60.2 Å². The lowest BCUT2D eigenvalue weighted by atomic mass is 10.1. The highest BCUT2D eigenvalue weighted by atomic mass is 16.4. The van der Waals surface area contributed by atoms with E-state index in [2.05, 4.69) is 15.8 Å². The fraction of sp³-hybridized carbons (Fsp3) is 0.133. The lowest BCUT2D eigenvalue weighted by Gasteiger charge is -2.11. The van der Waals surface area contributed by atoms with Crippen molar-refractivity contribution in [2.45, 2.75) is 12.5 Å². The number of hydrogen-bond acceptors (Lipinski definition) is 4. The normalized spacial score (nSPS) is 12.2. The molecule has 21 heavy (non-hydrogen) atoms. The molecule has 0 unspecified atom stereocenters. The van der Waals surface area contributed by atoms with Crippen molar-refractivity contribution < 1.29 is 15.0 Å². The zero-order chi connectivity index (χ0) is 15.1. The number of phenolic OH excluding ortho intramolecular Hbond substituents is 1. The van der Waals surface area contributed by atoms with Crippen LogP contribution in [0, 0.1) is 0 Å². The second-order valence-corrected chi connectivity index (χ2v) is 4.43. The predicted molar refractivity (Wildman–Crippen MR) is 77.3 cm³/mol. The zero-order valence-corrected chi connectivity index (χ0v) is 11.2. The van der Waals surface area contributed by atoms with Gasteiger partial charge in [-0.3, -0.25) is 5.43 Å². The molecule has 0 aliphatic rings. The van der Waals surface area contributed by atoms with Crippen LogP contribution in [0.25, 0.3) is 0 Å². The molecule has 0 aliphatic heterocycles. The summed E-state index contributed by atoms with van der Waals surface area (Å²) in [6.45, 7) is 0. The average Bonchev–Trinajstić information content (AvgIpc) is 2.49. The number of phenols is 1. The first-order valence-corrected chi connectivity index (χ1v) is 6.37. The van der Waals surface area contributed by atoms with Crippen LogP contribution in [0.2, 0.25) is 0 Å². The van der Waals surface area contributed by atoms with Gasteiger partial charge in [-0.25, -0.2) is 4.79 Å². The molecule has 1 atom stereocenters. The van der Waals surface area contributed by atoms with Crippen molar-refractivity contribution in [1.82, 2.24) is 5.43 Å². The molecule has 2 rings (SSSR count). The Morgan fingerprint density at radius 3 is 2.38 bits per heavy atom. The number of hydrogen-bond donors (Lipinski definition) is 3. The van der Waals surface area contributed by atoms with E-state index in [1.54, 1.807) is 24.3 Å². The summed E-state index contributed by atoms with van der Waals surface area (Å²) in [5, 5.41) is 26.0. The van der Waals surface area contributed by atoms with E-state index in [1.165, 1.54) is 12.1 Å². The van der Waals surface area contributed by atoms with E-state index in [-0.39, 0.29) is 12.2 Å². The molecular weight excluding hydrogens is 270 g/mol. The van der Waals surface area contributed by atoms with Crippen molar-refractivity contribution in [2.75, 3.05) is 0 Å². The molecule has 0 heterocycles. The highest BCUT2D eigenvalue weighted by Gasteiger charge is 2.17. The molecule has 0 saturated heterocycles. The number of rotatable bonds is 6. The Labute approximate surface area is 121 Å². The fourth-order valence-corrected chi connectivity index (χ4v) is 1.71. The Kier molecular flexibility index (Phi) is 4.87. The van der Waals surface area contributed by atoms with Crippen molar-refractivity contribution in [2.24, 2.45) is 10.3 Å². The highest BCUT2D eigenvalue weighted by molar-refractivity contribution is 5.73. The third kappa shape index (κ3) is 4.61. The maximum Gasteiger partial charge on any atom is 0.328 e. The maximum atomic E-state index is 11.2. The standard InChI is InChI=1S/C15H15N3O3/c19-13-8-6-11(7-9-13)10-14(15(20)21)17-18-16-12-4-2-1-3-5-12/h1-9,14,19H,10H2,(H,16,17)(H,20,21)/t14-/m0/s1. The molecule has 6 heteroatoms. The number of nitrogens with zero attached hydrogens (tertiary/aromatic N) is 2. The fourth-order valence-electron chi connectivity index (χ4n) is 1.71. The quantitative estimate of drug-likeness (QED) is 0.561. The monoisotopic (exact) mass is 285 g/mol. The Hall–Kier alpha value is -2.89. The van der Waals surface area contributed by atoms with Gasteiger partial charge in [0.2, 0.25) is 0 Å². The molecule has 0 spiro atoms. The van der Waals surface area contributed by atoms with Gasteiger partial charge in [0.1, 0.15) is 11.8 Å².